The van der Waals surface area contributed by atoms with E-state index in [1.54, 1.807) is 0 Å². The minimum Gasteiger partial charge on any atom is -0.253 e. The van der Waals surface area contributed by atoms with Crippen molar-refractivity contribution in [2.75, 3.05) is 0 Å². The Hall–Kier alpha value is -2.48. The van der Waals surface area contributed by atoms with Crippen LogP contribution in [-0.2, 0) is 23.7 Å². The SMILES string of the molecule is CCCc1nc(C(C)(C)C)c(CCC)nc1-c1ccc(-c2ccc(C(C)(C)C)cc2)cc1. The Balaban J connectivity index is 2.01. The first kappa shape index (κ1) is 24.2. The summed E-state index contributed by atoms with van der Waals surface area (Å²) < 4.78 is 0. The van der Waals surface area contributed by atoms with Gasteiger partial charge < -0.3 is 0 Å². The van der Waals surface area contributed by atoms with Gasteiger partial charge in [-0.25, -0.2) is 4.98 Å². The van der Waals surface area contributed by atoms with E-state index >= 15 is 0 Å². The molecule has 0 amide bonds. The van der Waals surface area contributed by atoms with E-state index in [0.717, 1.165) is 54.0 Å². The van der Waals surface area contributed by atoms with E-state index in [0.29, 0.717) is 0 Å². The zero-order valence-electron chi connectivity index (χ0n) is 21.3. The third-order valence-electron chi connectivity index (χ3n) is 5.97. The van der Waals surface area contributed by atoms with Crippen molar-refractivity contribution in [1.29, 1.82) is 0 Å². The van der Waals surface area contributed by atoms with Crippen LogP contribution in [0.2, 0.25) is 0 Å². The summed E-state index contributed by atoms with van der Waals surface area (Å²) in [5.41, 5.74) is 9.66. The maximum absolute atomic E-state index is 5.20. The summed E-state index contributed by atoms with van der Waals surface area (Å²) in [6.07, 6.45) is 4.06. The van der Waals surface area contributed by atoms with Gasteiger partial charge in [-0.05, 0) is 34.9 Å². The Morgan fingerprint density at radius 1 is 0.562 bits per heavy atom. The van der Waals surface area contributed by atoms with E-state index in [4.69, 9.17) is 9.97 Å². The largest absolute Gasteiger partial charge is 0.253 e. The van der Waals surface area contributed by atoms with Crippen molar-refractivity contribution in [2.45, 2.75) is 91.9 Å². The zero-order chi connectivity index (χ0) is 23.5. The Labute approximate surface area is 195 Å². The molecule has 32 heavy (non-hydrogen) atoms. The molecule has 1 aromatic heterocycles. The number of hydrogen-bond donors (Lipinski definition) is 0. The standard InChI is InChI=1S/C30H40N2/c1-9-11-25-27(31-26(12-10-2)28(32-25)30(6,7)8)23-15-13-21(14-16-23)22-17-19-24(20-18-22)29(3,4)5/h13-20H,9-12H2,1-8H3. The van der Waals surface area contributed by atoms with Gasteiger partial charge in [-0.3, -0.25) is 4.98 Å². The van der Waals surface area contributed by atoms with Gasteiger partial charge in [0.25, 0.3) is 0 Å². The highest BCUT2D eigenvalue weighted by Crippen LogP contribution is 2.31. The minimum atomic E-state index is 0.00159. The lowest BCUT2D eigenvalue weighted by Crippen LogP contribution is -2.20. The molecule has 0 aliphatic carbocycles. The Kier molecular flexibility index (Phi) is 7.22. The van der Waals surface area contributed by atoms with Crippen LogP contribution in [0.3, 0.4) is 0 Å². The van der Waals surface area contributed by atoms with Crippen LogP contribution in [-0.4, -0.2) is 9.97 Å². The van der Waals surface area contributed by atoms with Gasteiger partial charge in [0.15, 0.2) is 0 Å². The molecule has 170 valence electrons. The van der Waals surface area contributed by atoms with Crippen LogP contribution in [0.5, 0.6) is 0 Å². The second-order valence-electron chi connectivity index (χ2n) is 11.0. The summed E-state index contributed by atoms with van der Waals surface area (Å²) in [5.74, 6) is 0. The van der Waals surface area contributed by atoms with Crippen molar-refractivity contribution in [2.24, 2.45) is 0 Å². The number of rotatable bonds is 6. The summed E-state index contributed by atoms with van der Waals surface area (Å²) >= 11 is 0. The topological polar surface area (TPSA) is 25.8 Å². The molecule has 0 aliphatic heterocycles. The van der Waals surface area contributed by atoms with Crippen LogP contribution >= 0.6 is 0 Å². The summed E-state index contributed by atoms with van der Waals surface area (Å²) in [5, 5.41) is 0. The summed E-state index contributed by atoms with van der Waals surface area (Å²) in [4.78, 5) is 10.4. The maximum atomic E-state index is 5.20. The molecule has 3 rings (SSSR count). The zero-order valence-corrected chi connectivity index (χ0v) is 21.3. The van der Waals surface area contributed by atoms with Gasteiger partial charge in [0.2, 0.25) is 0 Å². The summed E-state index contributed by atoms with van der Waals surface area (Å²) in [6, 6.07) is 17.8. The molecule has 0 spiro atoms. The van der Waals surface area contributed by atoms with Gasteiger partial charge in [0.05, 0.1) is 22.8 Å². The Bertz CT molecular complexity index is 1030. The highest BCUT2D eigenvalue weighted by Gasteiger charge is 2.23. The fourth-order valence-corrected chi connectivity index (χ4v) is 4.14. The molecular formula is C30H40N2. The molecule has 0 N–H and O–H groups in total. The van der Waals surface area contributed by atoms with Crippen LogP contribution in [0.15, 0.2) is 48.5 Å². The van der Waals surface area contributed by atoms with Crippen molar-refractivity contribution in [3.8, 4) is 22.4 Å². The molecule has 0 saturated heterocycles. The summed E-state index contributed by atoms with van der Waals surface area (Å²) in [7, 11) is 0. The molecule has 0 saturated carbocycles. The van der Waals surface area contributed by atoms with Crippen molar-refractivity contribution in [1.82, 2.24) is 9.97 Å². The lowest BCUT2D eigenvalue weighted by Gasteiger charge is -2.23. The molecule has 2 nitrogen and oxygen atoms in total. The molecule has 0 atom stereocenters. The first-order chi connectivity index (χ1) is 15.0. The van der Waals surface area contributed by atoms with Crippen molar-refractivity contribution < 1.29 is 0 Å². The van der Waals surface area contributed by atoms with Crippen LogP contribution in [0.25, 0.3) is 22.4 Å². The highest BCUT2D eigenvalue weighted by molar-refractivity contribution is 5.70. The smallest absolute Gasteiger partial charge is 0.0920 e. The molecule has 0 bridgehead atoms. The molecule has 2 aromatic carbocycles. The Morgan fingerprint density at radius 3 is 1.50 bits per heavy atom. The second kappa shape index (κ2) is 9.57. The monoisotopic (exact) mass is 428 g/mol. The highest BCUT2D eigenvalue weighted by atomic mass is 14.9. The molecular weight excluding hydrogens is 388 g/mol. The van der Waals surface area contributed by atoms with Gasteiger partial charge in [-0.15, -0.1) is 0 Å². The summed E-state index contributed by atoms with van der Waals surface area (Å²) in [6.45, 7) is 17.9. The van der Waals surface area contributed by atoms with Crippen LogP contribution in [0.4, 0.5) is 0 Å². The quantitative estimate of drug-likeness (QED) is 0.394. The number of hydrogen-bond acceptors (Lipinski definition) is 2. The Morgan fingerprint density at radius 2 is 1.03 bits per heavy atom. The van der Waals surface area contributed by atoms with E-state index < -0.39 is 0 Å². The molecule has 0 radical (unpaired) electrons. The molecule has 3 aromatic rings. The van der Waals surface area contributed by atoms with Crippen LogP contribution in [0, 0.1) is 0 Å². The lowest BCUT2D eigenvalue weighted by atomic mass is 9.86. The van der Waals surface area contributed by atoms with Crippen molar-refractivity contribution in [3.05, 3.63) is 71.2 Å². The molecule has 2 heteroatoms. The average molecular weight is 429 g/mol. The molecule has 0 fully saturated rings. The minimum absolute atomic E-state index is 0.00159. The number of nitrogens with zero attached hydrogens (tertiary/aromatic N) is 2. The molecule has 0 aliphatic rings. The predicted molar refractivity (Wildman–Crippen MR) is 138 cm³/mol. The molecule has 1 heterocycles. The first-order valence-electron chi connectivity index (χ1n) is 12.2. The third-order valence-corrected chi connectivity index (χ3v) is 5.97. The second-order valence-corrected chi connectivity index (χ2v) is 11.0. The number of aromatic nitrogens is 2. The average Bonchev–Trinajstić information content (AvgIpc) is 2.74. The van der Waals surface area contributed by atoms with Crippen LogP contribution in [0.1, 0.15) is 90.9 Å². The van der Waals surface area contributed by atoms with E-state index in [9.17, 15) is 0 Å². The van der Waals surface area contributed by atoms with Crippen molar-refractivity contribution >= 4 is 0 Å². The third kappa shape index (κ3) is 5.46. The maximum Gasteiger partial charge on any atom is 0.0920 e. The van der Waals surface area contributed by atoms with Gasteiger partial charge in [-0.2, -0.15) is 0 Å². The van der Waals surface area contributed by atoms with Crippen LogP contribution < -0.4 is 0 Å². The van der Waals surface area contributed by atoms with Crippen molar-refractivity contribution in [3.63, 3.8) is 0 Å². The fraction of sp³-hybridized carbons (Fsp3) is 0.467. The lowest BCUT2D eigenvalue weighted by molar-refractivity contribution is 0.549. The van der Waals surface area contributed by atoms with E-state index in [1.807, 2.05) is 0 Å². The van der Waals surface area contributed by atoms with E-state index in [-0.39, 0.29) is 10.8 Å². The van der Waals surface area contributed by atoms with Gasteiger partial charge in [-0.1, -0.05) is 117 Å². The van der Waals surface area contributed by atoms with E-state index in [2.05, 4.69) is 104 Å². The van der Waals surface area contributed by atoms with Gasteiger partial charge >= 0.3 is 0 Å². The number of benzene rings is 2. The van der Waals surface area contributed by atoms with Gasteiger partial charge in [0, 0.05) is 11.0 Å². The van der Waals surface area contributed by atoms with Gasteiger partial charge in [0.1, 0.15) is 0 Å². The number of aryl methyl sites for hydroxylation is 2. The fourth-order valence-electron chi connectivity index (χ4n) is 4.14. The molecule has 0 unspecified atom stereocenters. The van der Waals surface area contributed by atoms with E-state index in [1.165, 1.54) is 16.7 Å². The predicted octanol–water partition coefficient (Wildman–Crippen LogP) is 8.31. The first-order valence-corrected chi connectivity index (χ1v) is 12.2. The normalized spacial score (nSPS) is 12.2.